The molecular weight excluding hydrogens is 427 g/mol. The van der Waals surface area contributed by atoms with Crippen molar-refractivity contribution in [2.75, 3.05) is 6.16 Å². The third-order valence-electron chi connectivity index (χ3n) is 4.72. The van der Waals surface area contributed by atoms with Gasteiger partial charge in [0.2, 0.25) is 0 Å². The van der Waals surface area contributed by atoms with E-state index in [0.717, 1.165) is 6.16 Å². The molecule has 0 aliphatic heterocycles. The van der Waals surface area contributed by atoms with Gasteiger partial charge >= 0.3 is 173 Å². The van der Waals surface area contributed by atoms with Crippen molar-refractivity contribution in [1.29, 1.82) is 0 Å². The van der Waals surface area contributed by atoms with Gasteiger partial charge in [-0.1, -0.05) is 0 Å². The van der Waals surface area contributed by atoms with Crippen LogP contribution in [0.15, 0.2) is 91.0 Å². The van der Waals surface area contributed by atoms with Crippen molar-refractivity contribution in [3.8, 4) is 11.5 Å². The summed E-state index contributed by atoms with van der Waals surface area (Å²) in [7, 11) is -1.45. The molecule has 0 saturated carbocycles. The van der Waals surface area contributed by atoms with Crippen LogP contribution in [0.4, 0.5) is 0 Å². The summed E-state index contributed by atoms with van der Waals surface area (Å²) < 4.78 is 0. The summed E-state index contributed by atoms with van der Waals surface area (Å²) >= 11 is 4.43. The molecule has 3 aromatic carbocycles. The minimum atomic E-state index is -2.87. The Hall–Kier alpha value is -1.65. The predicted octanol–water partition coefficient (Wildman–Crippen LogP) is 5.71. The van der Waals surface area contributed by atoms with Gasteiger partial charge in [0.1, 0.15) is 0 Å². The standard InChI is InChI=1S/C24H26BrPSi/c1-27(2,3)21-13-20-26(25,22-14-7-4-8-15-22,23-16-9-5-10-17-23)24-18-11-6-12-19-24/h4-12,14-19H,20H2,1-3H3. The quantitative estimate of drug-likeness (QED) is 0.270. The molecule has 0 spiro atoms. The second-order valence-corrected chi connectivity index (χ2v) is 21.6. The molecule has 0 saturated heterocycles. The molecule has 0 radical (unpaired) electrons. The average Bonchev–Trinajstić information content (AvgIpc) is 2.69. The maximum absolute atomic E-state index is 4.43. The summed E-state index contributed by atoms with van der Waals surface area (Å²) in [4.78, 5) is 0. The normalized spacial score (nSPS) is 13.1. The van der Waals surface area contributed by atoms with Crippen LogP contribution in [0.25, 0.3) is 0 Å². The fourth-order valence-electron chi connectivity index (χ4n) is 3.39. The van der Waals surface area contributed by atoms with Crippen molar-refractivity contribution in [3.63, 3.8) is 0 Å². The topological polar surface area (TPSA) is 0 Å². The van der Waals surface area contributed by atoms with Gasteiger partial charge in [0, 0.05) is 0 Å². The van der Waals surface area contributed by atoms with Gasteiger partial charge in [0.25, 0.3) is 0 Å². The number of rotatable bonds is 4. The van der Waals surface area contributed by atoms with E-state index in [2.05, 4.69) is 138 Å². The van der Waals surface area contributed by atoms with Crippen molar-refractivity contribution in [2.24, 2.45) is 0 Å². The van der Waals surface area contributed by atoms with Crippen LogP contribution in [-0.4, -0.2) is 14.2 Å². The van der Waals surface area contributed by atoms with Crippen LogP contribution in [0.5, 0.6) is 0 Å². The molecule has 0 atom stereocenters. The van der Waals surface area contributed by atoms with Crippen LogP contribution >= 0.6 is 20.8 Å². The molecular formula is C24H26BrPSi. The van der Waals surface area contributed by atoms with Crippen LogP contribution in [0, 0.1) is 11.5 Å². The Kier molecular flexibility index (Phi) is 5.78. The van der Waals surface area contributed by atoms with E-state index in [0.29, 0.717) is 0 Å². The number of benzene rings is 3. The van der Waals surface area contributed by atoms with Crippen LogP contribution in [0.2, 0.25) is 19.6 Å². The number of halogens is 1. The van der Waals surface area contributed by atoms with Gasteiger partial charge in [-0.3, -0.25) is 0 Å². The first-order valence-corrected chi connectivity index (χ1v) is 17.2. The number of hydrogen-bond donors (Lipinski definition) is 0. The van der Waals surface area contributed by atoms with E-state index in [1.807, 2.05) is 0 Å². The van der Waals surface area contributed by atoms with Gasteiger partial charge in [0.15, 0.2) is 0 Å². The maximum atomic E-state index is 4.43. The Bertz CT molecular complexity index is 852. The fourth-order valence-corrected chi connectivity index (χ4v) is 10.9. The summed E-state index contributed by atoms with van der Waals surface area (Å²) in [5, 5.41) is 1.10. The molecule has 0 N–H and O–H groups in total. The van der Waals surface area contributed by atoms with E-state index in [9.17, 15) is 0 Å². The zero-order chi connectivity index (χ0) is 19.4. The first-order chi connectivity index (χ1) is 12.8. The fraction of sp³-hybridized carbons (Fsp3) is 0.167. The van der Waals surface area contributed by atoms with Crippen molar-refractivity contribution >= 4 is 44.8 Å². The van der Waals surface area contributed by atoms with Crippen molar-refractivity contribution in [1.82, 2.24) is 0 Å². The molecule has 0 heterocycles. The van der Waals surface area contributed by atoms with Gasteiger partial charge < -0.3 is 0 Å². The van der Waals surface area contributed by atoms with E-state index in [4.69, 9.17) is 0 Å². The minimum absolute atomic E-state index is 0.800. The molecule has 3 heteroatoms. The summed E-state index contributed by atoms with van der Waals surface area (Å²) in [6, 6.07) is 32.6. The first kappa shape index (κ1) is 20.1. The van der Waals surface area contributed by atoms with Gasteiger partial charge in [0.05, 0.1) is 0 Å². The summed E-state index contributed by atoms with van der Waals surface area (Å²) in [6.45, 7) is 6.91. The zero-order valence-electron chi connectivity index (χ0n) is 16.2. The van der Waals surface area contributed by atoms with Crippen LogP contribution in [0.1, 0.15) is 0 Å². The molecule has 3 aromatic rings. The second-order valence-electron chi connectivity index (χ2n) is 7.90. The zero-order valence-corrected chi connectivity index (χ0v) is 19.7. The molecule has 0 aromatic heterocycles. The van der Waals surface area contributed by atoms with Crippen LogP contribution < -0.4 is 15.9 Å². The third kappa shape index (κ3) is 3.97. The Morgan fingerprint density at radius 2 is 1.00 bits per heavy atom. The molecule has 0 aliphatic carbocycles. The summed E-state index contributed by atoms with van der Waals surface area (Å²) in [5.41, 5.74) is 3.60. The van der Waals surface area contributed by atoms with Crippen molar-refractivity contribution in [3.05, 3.63) is 91.0 Å². The van der Waals surface area contributed by atoms with Crippen molar-refractivity contribution in [2.45, 2.75) is 19.6 Å². The third-order valence-corrected chi connectivity index (χ3v) is 15.0. The Morgan fingerprint density at radius 1 is 0.667 bits per heavy atom. The van der Waals surface area contributed by atoms with E-state index < -0.39 is 13.4 Å². The Labute approximate surface area is 172 Å². The second kappa shape index (κ2) is 7.76. The molecule has 0 amide bonds. The first-order valence-electron chi connectivity index (χ1n) is 9.24. The SMILES string of the molecule is C[Si](C)(C)C#CCP(Br)(c1ccccc1)(c1ccccc1)c1ccccc1. The monoisotopic (exact) mass is 452 g/mol. The summed E-state index contributed by atoms with van der Waals surface area (Å²) in [5.74, 6) is 3.63. The molecule has 0 aliphatic rings. The van der Waals surface area contributed by atoms with Gasteiger partial charge in [-0.05, 0) is 0 Å². The molecule has 0 fully saturated rings. The van der Waals surface area contributed by atoms with Crippen LogP contribution in [0.3, 0.4) is 0 Å². The molecule has 0 bridgehead atoms. The van der Waals surface area contributed by atoms with E-state index in [1.54, 1.807) is 0 Å². The molecule has 138 valence electrons. The van der Waals surface area contributed by atoms with E-state index >= 15 is 0 Å². The average molecular weight is 453 g/mol. The van der Waals surface area contributed by atoms with E-state index in [1.165, 1.54) is 15.9 Å². The predicted molar refractivity (Wildman–Crippen MR) is 130 cm³/mol. The van der Waals surface area contributed by atoms with Gasteiger partial charge in [-0.15, -0.1) is 0 Å². The van der Waals surface area contributed by atoms with Crippen LogP contribution in [-0.2, 0) is 0 Å². The number of hydrogen-bond acceptors (Lipinski definition) is 0. The van der Waals surface area contributed by atoms with E-state index in [-0.39, 0.29) is 0 Å². The molecule has 27 heavy (non-hydrogen) atoms. The molecule has 0 unspecified atom stereocenters. The Balaban J connectivity index is 2.37. The Morgan fingerprint density at radius 3 is 1.30 bits per heavy atom. The van der Waals surface area contributed by atoms with Gasteiger partial charge in [-0.2, -0.15) is 0 Å². The van der Waals surface area contributed by atoms with Crippen molar-refractivity contribution < 1.29 is 0 Å². The van der Waals surface area contributed by atoms with Gasteiger partial charge in [-0.25, -0.2) is 0 Å². The molecule has 3 rings (SSSR count). The summed E-state index contributed by atoms with van der Waals surface area (Å²) in [6.07, 6.45) is 0.800. The molecule has 0 nitrogen and oxygen atoms in total.